The molecular weight excluding hydrogens is 188 g/mol. The smallest absolute Gasteiger partial charge is 0.304 e. The number of terminal acetylenes is 1. The molecule has 1 unspecified atom stereocenters. The van der Waals surface area contributed by atoms with Crippen LogP contribution in [0, 0.1) is 12.3 Å². The van der Waals surface area contributed by atoms with Gasteiger partial charge < -0.3 is 4.74 Å². The first-order chi connectivity index (χ1) is 7.22. The van der Waals surface area contributed by atoms with E-state index in [0.29, 0.717) is 0 Å². The molecule has 76 valence electrons. The first kappa shape index (κ1) is 11.1. The minimum Gasteiger partial charge on any atom is -0.445 e. The van der Waals surface area contributed by atoms with Crippen LogP contribution in [0.4, 0.5) is 0 Å². The Hall–Kier alpha value is -2.01. The summed E-state index contributed by atoms with van der Waals surface area (Å²) in [5, 5.41) is 0. The zero-order valence-electron chi connectivity index (χ0n) is 8.51. The molecule has 1 rings (SSSR count). The van der Waals surface area contributed by atoms with Gasteiger partial charge >= 0.3 is 5.97 Å². The van der Waals surface area contributed by atoms with E-state index >= 15 is 0 Å². The molecule has 0 aliphatic carbocycles. The normalized spacial score (nSPS) is 12.0. The third-order valence-electron chi connectivity index (χ3n) is 1.72. The molecule has 0 saturated heterocycles. The van der Waals surface area contributed by atoms with Gasteiger partial charge in [0.05, 0.1) is 0 Å². The van der Waals surface area contributed by atoms with Gasteiger partial charge in [-0.2, -0.15) is 0 Å². The van der Waals surface area contributed by atoms with Crippen molar-refractivity contribution < 1.29 is 9.53 Å². The fraction of sp³-hybridized carbons (Fsp3) is 0.154. The van der Waals surface area contributed by atoms with E-state index < -0.39 is 6.10 Å². The van der Waals surface area contributed by atoms with E-state index in [4.69, 9.17) is 11.2 Å². The number of ether oxygens (including phenoxy) is 1. The summed E-state index contributed by atoms with van der Waals surface area (Å²) < 4.78 is 4.86. The first-order valence-corrected chi connectivity index (χ1v) is 4.59. The van der Waals surface area contributed by atoms with Crippen molar-refractivity contribution in [3.05, 3.63) is 42.0 Å². The molecule has 0 radical (unpaired) electrons. The highest BCUT2D eigenvalue weighted by molar-refractivity contribution is 5.67. The van der Waals surface area contributed by atoms with Crippen molar-refractivity contribution in [2.45, 2.75) is 13.0 Å². The van der Waals surface area contributed by atoms with Gasteiger partial charge in [-0.05, 0) is 11.6 Å². The molecule has 2 heteroatoms. The highest BCUT2D eigenvalue weighted by Gasteiger charge is 2.02. The Balaban J connectivity index is 2.64. The monoisotopic (exact) mass is 200 g/mol. The standard InChI is InChI=1S/C13H12O2/c1-3-13(15-11(2)14)10-9-12-7-5-4-6-8-12/h1,4-10,13H,2H3. The summed E-state index contributed by atoms with van der Waals surface area (Å²) in [5.41, 5.74) is 1.02. The maximum atomic E-state index is 10.7. The van der Waals surface area contributed by atoms with Crippen molar-refractivity contribution in [3.8, 4) is 12.3 Å². The van der Waals surface area contributed by atoms with E-state index in [1.165, 1.54) is 6.92 Å². The molecule has 0 aliphatic heterocycles. The van der Waals surface area contributed by atoms with Gasteiger partial charge in [-0.1, -0.05) is 42.3 Å². The Bertz CT molecular complexity index is 385. The van der Waals surface area contributed by atoms with Crippen LogP contribution >= 0.6 is 0 Å². The summed E-state index contributed by atoms with van der Waals surface area (Å²) in [7, 11) is 0. The molecule has 0 aliphatic rings. The van der Waals surface area contributed by atoms with Gasteiger partial charge in [0.1, 0.15) is 0 Å². The highest BCUT2D eigenvalue weighted by Crippen LogP contribution is 2.03. The summed E-state index contributed by atoms with van der Waals surface area (Å²) >= 11 is 0. The minimum absolute atomic E-state index is 0.379. The quantitative estimate of drug-likeness (QED) is 0.552. The van der Waals surface area contributed by atoms with Crippen molar-refractivity contribution >= 4 is 12.0 Å². The third-order valence-corrected chi connectivity index (χ3v) is 1.72. The van der Waals surface area contributed by atoms with Crippen LogP contribution in [0.5, 0.6) is 0 Å². The van der Waals surface area contributed by atoms with Gasteiger partial charge in [-0.15, -0.1) is 6.42 Å². The molecule has 1 aromatic rings. The zero-order chi connectivity index (χ0) is 11.1. The maximum Gasteiger partial charge on any atom is 0.304 e. The maximum absolute atomic E-state index is 10.7. The number of carbonyl (C=O) groups is 1. The Kier molecular flexibility index (Phi) is 4.18. The second kappa shape index (κ2) is 5.66. The molecule has 1 atom stereocenters. The molecule has 0 N–H and O–H groups in total. The highest BCUT2D eigenvalue weighted by atomic mass is 16.5. The van der Waals surface area contributed by atoms with Gasteiger partial charge in [-0.25, -0.2) is 0 Å². The Morgan fingerprint density at radius 1 is 1.47 bits per heavy atom. The second-order valence-corrected chi connectivity index (χ2v) is 2.97. The lowest BCUT2D eigenvalue weighted by Gasteiger charge is -2.04. The van der Waals surface area contributed by atoms with Crippen LogP contribution in [0.2, 0.25) is 0 Å². The van der Waals surface area contributed by atoms with Crippen LogP contribution in [-0.2, 0) is 9.53 Å². The van der Waals surface area contributed by atoms with E-state index in [1.54, 1.807) is 6.08 Å². The van der Waals surface area contributed by atoms with Crippen molar-refractivity contribution in [2.24, 2.45) is 0 Å². The van der Waals surface area contributed by atoms with Crippen LogP contribution < -0.4 is 0 Å². The molecule has 0 aromatic heterocycles. The van der Waals surface area contributed by atoms with Crippen molar-refractivity contribution in [2.75, 3.05) is 0 Å². The molecular formula is C13H12O2. The fourth-order valence-corrected chi connectivity index (χ4v) is 1.07. The number of rotatable bonds is 3. The molecule has 0 spiro atoms. The molecule has 1 aromatic carbocycles. The van der Waals surface area contributed by atoms with Gasteiger partial charge in [0, 0.05) is 6.92 Å². The minimum atomic E-state index is -0.595. The molecule has 0 fully saturated rings. The number of hydrogen-bond donors (Lipinski definition) is 0. The molecule has 15 heavy (non-hydrogen) atoms. The predicted octanol–water partition coefficient (Wildman–Crippen LogP) is 2.26. The van der Waals surface area contributed by atoms with Crippen molar-refractivity contribution in [3.63, 3.8) is 0 Å². The Morgan fingerprint density at radius 3 is 2.67 bits per heavy atom. The lowest BCUT2D eigenvalue weighted by Crippen LogP contribution is -2.10. The van der Waals surface area contributed by atoms with Crippen LogP contribution in [0.25, 0.3) is 6.08 Å². The number of benzene rings is 1. The molecule has 0 saturated carbocycles. The van der Waals surface area contributed by atoms with Crippen molar-refractivity contribution in [1.29, 1.82) is 0 Å². The summed E-state index contributed by atoms with van der Waals surface area (Å²) in [6.07, 6.45) is 8.12. The van der Waals surface area contributed by atoms with E-state index in [-0.39, 0.29) is 5.97 Å². The van der Waals surface area contributed by atoms with Gasteiger partial charge in [0.25, 0.3) is 0 Å². The van der Waals surface area contributed by atoms with Gasteiger partial charge in [-0.3, -0.25) is 4.79 Å². The largest absolute Gasteiger partial charge is 0.445 e. The Morgan fingerprint density at radius 2 is 2.13 bits per heavy atom. The second-order valence-electron chi connectivity index (χ2n) is 2.97. The van der Waals surface area contributed by atoms with Crippen LogP contribution in [0.1, 0.15) is 12.5 Å². The van der Waals surface area contributed by atoms with Crippen LogP contribution in [-0.4, -0.2) is 12.1 Å². The van der Waals surface area contributed by atoms with E-state index in [1.807, 2.05) is 36.4 Å². The van der Waals surface area contributed by atoms with Crippen LogP contribution in [0.15, 0.2) is 36.4 Å². The third kappa shape index (κ3) is 4.15. The average Bonchev–Trinajstić information content (AvgIpc) is 2.25. The molecule has 0 heterocycles. The summed E-state index contributed by atoms with van der Waals surface area (Å²) in [6, 6.07) is 9.67. The van der Waals surface area contributed by atoms with E-state index in [9.17, 15) is 4.79 Å². The lowest BCUT2D eigenvalue weighted by atomic mass is 10.2. The summed E-state index contributed by atoms with van der Waals surface area (Å²) in [4.78, 5) is 10.7. The molecule has 0 amide bonds. The Labute approximate surface area is 89.6 Å². The first-order valence-electron chi connectivity index (χ1n) is 4.59. The number of hydrogen-bond acceptors (Lipinski definition) is 2. The SMILES string of the molecule is C#CC(C=Cc1ccccc1)OC(C)=O. The fourth-order valence-electron chi connectivity index (χ4n) is 1.07. The van der Waals surface area contributed by atoms with Crippen LogP contribution in [0.3, 0.4) is 0 Å². The lowest BCUT2D eigenvalue weighted by molar-refractivity contribution is -0.142. The van der Waals surface area contributed by atoms with E-state index in [0.717, 1.165) is 5.56 Å². The van der Waals surface area contributed by atoms with Gasteiger partial charge in [0.2, 0.25) is 0 Å². The molecule has 2 nitrogen and oxygen atoms in total. The molecule has 0 bridgehead atoms. The topological polar surface area (TPSA) is 26.3 Å². The van der Waals surface area contributed by atoms with Gasteiger partial charge in [0.15, 0.2) is 6.10 Å². The summed E-state index contributed by atoms with van der Waals surface area (Å²) in [6.45, 7) is 1.33. The van der Waals surface area contributed by atoms with Crippen molar-refractivity contribution in [1.82, 2.24) is 0 Å². The summed E-state index contributed by atoms with van der Waals surface area (Å²) in [5.74, 6) is 1.99. The van der Waals surface area contributed by atoms with E-state index in [2.05, 4.69) is 5.92 Å². The zero-order valence-corrected chi connectivity index (χ0v) is 8.51. The number of esters is 1. The average molecular weight is 200 g/mol. The number of carbonyl (C=O) groups excluding carboxylic acids is 1. The predicted molar refractivity (Wildman–Crippen MR) is 59.9 cm³/mol.